The monoisotopic (exact) mass is 260 g/mol. The zero-order valence-corrected chi connectivity index (χ0v) is 11.1. The van der Waals surface area contributed by atoms with Gasteiger partial charge in [-0.3, -0.25) is 9.88 Å². The topological polar surface area (TPSA) is 43.2 Å². The number of thioether (sulfide) groups is 1. The summed E-state index contributed by atoms with van der Waals surface area (Å²) >= 11 is 2.05. The maximum atomic E-state index is 9.08. The molecule has 0 spiro atoms. The molecule has 2 fully saturated rings. The number of hydrogen-bond donors (Lipinski definition) is 0. The summed E-state index contributed by atoms with van der Waals surface area (Å²) in [6.07, 6.45) is 3.49. The van der Waals surface area contributed by atoms with Gasteiger partial charge in [-0.1, -0.05) is 0 Å². The largest absolute Gasteiger partial charge is 0.366 e. The number of nitriles is 1. The van der Waals surface area contributed by atoms with Gasteiger partial charge in [0.05, 0.1) is 17.4 Å². The van der Waals surface area contributed by atoms with Gasteiger partial charge in [0.15, 0.2) is 0 Å². The molecule has 2 saturated heterocycles. The molecule has 4 nitrogen and oxygen atoms in total. The molecule has 3 heterocycles. The molecule has 0 N–H and O–H groups in total. The molecular weight excluding hydrogens is 244 g/mol. The van der Waals surface area contributed by atoms with E-state index in [4.69, 9.17) is 5.26 Å². The summed E-state index contributed by atoms with van der Waals surface area (Å²) < 4.78 is 0. The molecule has 3 rings (SSSR count). The summed E-state index contributed by atoms with van der Waals surface area (Å²) in [6.45, 7) is 4.48. The molecule has 1 aromatic heterocycles. The number of pyridine rings is 1. The van der Waals surface area contributed by atoms with Crippen LogP contribution in [0.5, 0.6) is 0 Å². The van der Waals surface area contributed by atoms with Gasteiger partial charge in [0.25, 0.3) is 0 Å². The Morgan fingerprint density at radius 2 is 2.11 bits per heavy atom. The SMILES string of the molecule is N#Cc1ccncc1N1CC(N2CCSCC2)C1. The van der Waals surface area contributed by atoms with Crippen LogP contribution in [0.15, 0.2) is 18.5 Å². The Morgan fingerprint density at radius 1 is 1.33 bits per heavy atom. The van der Waals surface area contributed by atoms with Crippen LogP contribution in [0.25, 0.3) is 0 Å². The zero-order valence-electron chi connectivity index (χ0n) is 10.2. The van der Waals surface area contributed by atoms with Crippen molar-refractivity contribution >= 4 is 17.4 Å². The number of nitrogens with zero attached hydrogens (tertiary/aromatic N) is 4. The molecule has 2 aliphatic heterocycles. The highest BCUT2D eigenvalue weighted by atomic mass is 32.2. The predicted molar refractivity (Wildman–Crippen MR) is 73.9 cm³/mol. The second-order valence-corrected chi connectivity index (χ2v) is 5.94. The maximum absolute atomic E-state index is 9.08. The average Bonchev–Trinajstić information content (AvgIpc) is 2.39. The van der Waals surface area contributed by atoms with E-state index >= 15 is 0 Å². The fourth-order valence-electron chi connectivity index (χ4n) is 2.56. The van der Waals surface area contributed by atoms with Gasteiger partial charge in [-0.25, -0.2) is 0 Å². The zero-order chi connectivity index (χ0) is 12.4. The van der Waals surface area contributed by atoms with E-state index in [0.29, 0.717) is 6.04 Å². The van der Waals surface area contributed by atoms with E-state index in [1.54, 1.807) is 18.5 Å². The molecule has 0 atom stereocenters. The Hall–Kier alpha value is -1.25. The van der Waals surface area contributed by atoms with Crippen molar-refractivity contribution in [3.8, 4) is 6.07 Å². The molecule has 94 valence electrons. The first-order valence-electron chi connectivity index (χ1n) is 6.29. The van der Waals surface area contributed by atoms with Crippen molar-refractivity contribution < 1.29 is 0 Å². The van der Waals surface area contributed by atoms with Crippen LogP contribution in [0.4, 0.5) is 5.69 Å². The van der Waals surface area contributed by atoms with Crippen molar-refractivity contribution in [2.45, 2.75) is 6.04 Å². The Labute approximate surface area is 112 Å². The number of rotatable bonds is 2. The van der Waals surface area contributed by atoms with Crippen LogP contribution in [0.3, 0.4) is 0 Å². The van der Waals surface area contributed by atoms with E-state index in [-0.39, 0.29) is 0 Å². The van der Waals surface area contributed by atoms with E-state index in [2.05, 4.69) is 20.9 Å². The smallest absolute Gasteiger partial charge is 0.101 e. The molecule has 0 saturated carbocycles. The highest BCUT2D eigenvalue weighted by Gasteiger charge is 2.33. The van der Waals surface area contributed by atoms with Crippen LogP contribution in [0.2, 0.25) is 0 Å². The predicted octanol–water partition coefficient (Wildman–Crippen LogP) is 1.19. The molecule has 1 aromatic rings. The number of hydrogen-bond acceptors (Lipinski definition) is 5. The lowest BCUT2D eigenvalue weighted by molar-refractivity contribution is 0.183. The van der Waals surface area contributed by atoms with E-state index < -0.39 is 0 Å². The standard InChI is InChI=1S/C13H16N4S/c14-7-11-1-2-15-8-13(11)17-9-12(10-17)16-3-5-18-6-4-16/h1-2,8,12H,3-6,9-10H2. The van der Waals surface area contributed by atoms with E-state index in [1.807, 2.05) is 11.8 Å². The fourth-order valence-corrected chi connectivity index (χ4v) is 3.49. The highest BCUT2D eigenvalue weighted by molar-refractivity contribution is 7.99. The molecule has 0 unspecified atom stereocenters. The molecule has 18 heavy (non-hydrogen) atoms. The van der Waals surface area contributed by atoms with Crippen LogP contribution in [-0.4, -0.2) is 53.6 Å². The third-order valence-corrected chi connectivity index (χ3v) is 4.63. The molecule has 0 bridgehead atoms. The second kappa shape index (κ2) is 5.17. The Balaban J connectivity index is 1.63. The summed E-state index contributed by atoms with van der Waals surface area (Å²) in [5.41, 5.74) is 1.72. The molecular formula is C13H16N4S. The molecule has 0 radical (unpaired) electrons. The summed E-state index contributed by atoms with van der Waals surface area (Å²) in [7, 11) is 0. The fraction of sp³-hybridized carbons (Fsp3) is 0.538. The first-order chi connectivity index (χ1) is 8.88. The molecule has 0 aromatic carbocycles. The van der Waals surface area contributed by atoms with Crippen molar-refractivity contribution in [3.63, 3.8) is 0 Å². The van der Waals surface area contributed by atoms with Gasteiger partial charge >= 0.3 is 0 Å². The minimum Gasteiger partial charge on any atom is -0.366 e. The summed E-state index contributed by atoms with van der Waals surface area (Å²) in [5, 5.41) is 9.08. The van der Waals surface area contributed by atoms with Crippen molar-refractivity contribution in [1.29, 1.82) is 5.26 Å². The van der Waals surface area contributed by atoms with Crippen molar-refractivity contribution in [1.82, 2.24) is 9.88 Å². The third-order valence-electron chi connectivity index (χ3n) is 3.69. The lowest BCUT2D eigenvalue weighted by atomic mass is 10.0. The number of anilines is 1. The minimum atomic E-state index is 0.664. The molecule has 2 aliphatic rings. The van der Waals surface area contributed by atoms with Crippen LogP contribution < -0.4 is 4.90 Å². The Bertz CT molecular complexity index is 458. The molecule has 5 heteroatoms. The lowest BCUT2D eigenvalue weighted by Gasteiger charge is -2.47. The summed E-state index contributed by atoms with van der Waals surface area (Å²) in [6, 6.07) is 4.70. The van der Waals surface area contributed by atoms with E-state index in [9.17, 15) is 0 Å². The van der Waals surface area contributed by atoms with E-state index in [0.717, 1.165) is 24.3 Å². The van der Waals surface area contributed by atoms with Crippen molar-refractivity contribution in [3.05, 3.63) is 24.0 Å². The highest BCUT2D eigenvalue weighted by Crippen LogP contribution is 2.27. The van der Waals surface area contributed by atoms with Crippen molar-refractivity contribution in [2.24, 2.45) is 0 Å². The van der Waals surface area contributed by atoms with Gasteiger partial charge in [-0.05, 0) is 6.07 Å². The van der Waals surface area contributed by atoms with Gasteiger partial charge in [0.2, 0.25) is 0 Å². The lowest BCUT2D eigenvalue weighted by Crippen LogP contribution is -2.61. The number of aromatic nitrogens is 1. The van der Waals surface area contributed by atoms with Crippen LogP contribution in [-0.2, 0) is 0 Å². The maximum Gasteiger partial charge on any atom is 0.101 e. The summed E-state index contributed by atoms with van der Waals surface area (Å²) in [4.78, 5) is 8.96. The summed E-state index contributed by atoms with van der Waals surface area (Å²) in [5.74, 6) is 2.51. The van der Waals surface area contributed by atoms with Gasteiger partial charge in [0, 0.05) is 49.9 Å². The van der Waals surface area contributed by atoms with Gasteiger partial charge in [0.1, 0.15) is 6.07 Å². The Kier molecular flexibility index (Phi) is 3.39. The van der Waals surface area contributed by atoms with E-state index in [1.165, 1.54) is 24.6 Å². The quantitative estimate of drug-likeness (QED) is 0.799. The van der Waals surface area contributed by atoms with Crippen LogP contribution in [0, 0.1) is 11.3 Å². The third kappa shape index (κ3) is 2.18. The average molecular weight is 260 g/mol. The minimum absolute atomic E-state index is 0.664. The molecule has 0 aliphatic carbocycles. The van der Waals surface area contributed by atoms with Crippen LogP contribution >= 0.6 is 11.8 Å². The first-order valence-corrected chi connectivity index (χ1v) is 7.45. The first kappa shape index (κ1) is 11.8. The van der Waals surface area contributed by atoms with Gasteiger partial charge < -0.3 is 4.90 Å². The van der Waals surface area contributed by atoms with Gasteiger partial charge in [-0.2, -0.15) is 17.0 Å². The van der Waals surface area contributed by atoms with Crippen LogP contribution in [0.1, 0.15) is 5.56 Å². The van der Waals surface area contributed by atoms with Crippen molar-refractivity contribution in [2.75, 3.05) is 42.6 Å². The normalized spacial score (nSPS) is 21.4. The van der Waals surface area contributed by atoms with Gasteiger partial charge in [-0.15, -0.1) is 0 Å². The molecule has 0 amide bonds. The second-order valence-electron chi connectivity index (χ2n) is 4.71. The Morgan fingerprint density at radius 3 is 2.83 bits per heavy atom.